The number of aromatic nitrogens is 1. The fourth-order valence-corrected chi connectivity index (χ4v) is 8.02. The van der Waals surface area contributed by atoms with E-state index in [1.54, 1.807) is 7.11 Å². The molecule has 1 spiro atoms. The summed E-state index contributed by atoms with van der Waals surface area (Å²) in [6.45, 7) is 2.16. The minimum atomic E-state index is -4.69. The van der Waals surface area contributed by atoms with E-state index in [1.807, 2.05) is 28.0 Å². The zero-order chi connectivity index (χ0) is 34.8. The molecule has 2 aliphatic heterocycles. The average molecular weight is 684 g/mol. The quantitative estimate of drug-likeness (QED) is 0.183. The number of H-pyrrole nitrogens is 1. The lowest BCUT2D eigenvalue weighted by Crippen LogP contribution is -2.55. The number of ether oxygens (including phenoxy) is 1. The van der Waals surface area contributed by atoms with Crippen LogP contribution in [-0.4, -0.2) is 78.1 Å². The third-order valence-electron chi connectivity index (χ3n) is 11.0. The number of alkyl halides is 3. The summed E-state index contributed by atoms with van der Waals surface area (Å²) in [4.78, 5) is 33.4. The molecular weight excluding hydrogens is 635 g/mol. The van der Waals surface area contributed by atoms with E-state index < -0.39 is 29.1 Å². The predicted octanol–water partition coefficient (Wildman–Crippen LogP) is 5.65. The third kappa shape index (κ3) is 7.18. The molecule has 2 amide bonds. The van der Waals surface area contributed by atoms with E-state index in [2.05, 4.69) is 10.3 Å². The second-order valence-corrected chi connectivity index (χ2v) is 14.0. The van der Waals surface area contributed by atoms with Crippen molar-refractivity contribution in [2.24, 2.45) is 11.7 Å². The first kappa shape index (κ1) is 35.2. The summed E-state index contributed by atoms with van der Waals surface area (Å²) in [5.41, 5.74) is 6.90. The molecule has 3 aromatic rings. The molecule has 2 aromatic carbocycles. The topological polar surface area (TPSA) is 124 Å². The Hall–Kier alpha value is -3.61. The highest BCUT2D eigenvalue weighted by Crippen LogP contribution is 2.50. The van der Waals surface area contributed by atoms with Gasteiger partial charge in [-0.25, -0.2) is 0 Å². The van der Waals surface area contributed by atoms with E-state index in [4.69, 9.17) is 10.5 Å². The number of carbonyl (C=O) groups is 2. The number of aromatic amines is 1. The Bertz CT molecular complexity index is 1640. The van der Waals surface area contributed by atoms with E-state index in [9.17, 15) is 27.9 Å². The van der Waals surface area contributed by atoms with Crippen LogP contribution in [0.2, 0.25) is 0 Å². The van der Waals surface area contributed by atoms with Crippen LogP contribution in [0, 0.1) is 5.92 Å². The van der Waals surface area contributed by atoms with E-state index >= 15 is 0 Å². The fourth-order valence-electron chi connectivity index (χ4n) is 8.02. The van der Waals surface area contributed by atoms with Crippen LogP contribution in [0.4, 0.5) is 13.2 Å². The lowest BCUT2D eigenvalue weighted by molar-refractivity contribution is -0.140. The molecule has 266 valence electrons. The van der Waals surface area contributed by atoms with Crippen LogP contribution in [0.25, 0.3) is 10.9 Å². The van der Waals surface area contributed by atoms with Crippen molar-refractivity contribution >= 4 is 22.7 Å². The first-order valence-electron chi connectivity index (χ1n) is 17.6. The maximum atomic E-state index is 14.6. The second kappa shape index (κ2) is 14.7. The molecule has 1 saturated heterocycles. The molecule has 6 rings (SSSR count). The van der Waals surface area contributed by atoms with Gasteiger partial charge in [-0.15, -0.1) is 0 Å². The molecule has 1 aromatic heterocycles. The summed E-state index contributed by atoms with van der Waals surface area (Å²) >= 11 is 0. The van der Waals surface area contributed by atoms with Gasteiger partial charge in [0.2, 0.25) is 5.91 Å². The minimum Gasteiger partial charge on any atom is -0.497 e. The Kier molecular flexibility index (Phi) is 10.6. The maximum Gasteiger partial charge on any atom is 0.416 e. The molecular formula is C37H48F3N5O4. The maximum absolute atomic E-state index is 14.6. The van der Waals surface area contributed by atoms with Crippen LogP contribution >= 0.6 is 0 Å². The molecule has 9 nitrogen and oxygen atoms in total. The summed E-state index contributed by atoms with van der Waals surface area (Å²) in [6, 6.07) is 9.01. The monoisotopic (exact) mass is 683 g/mol. The number of amides is 2. The Labute approximate surface area is 285 Å². The summed E-state index contributed by atoms with van der Waals surface area (Å²) in [7, 11) is 1.59. The van der Waals surface area contributed by atoms with Crippen molar-refractivity contribution in [3.63, 3.8) is 0 Å². The third-order valence-corrected chi connectivity index (χ3v) is 11.0. The van der Waals surface area contributed by atoms with Crippen molar-refractivity contribution in [3.8, 4) is 5.75 Å². The van der Waals surface area contributed by atoms with Crippen molar-refractivity contribution in [2.75, 3.05) is 46.4 Å². The smallest absolute Gasteiger partial charge is 0.416 e. The Balaban J connectivity index is 1.30. The van der Waals surface area contributed by atoms with Crippen LogP contribution in [-0.2, 0) is 22.9 Å². The van der Waals surface area contributed by atoms with Crippen LogP contribution in [0.3, 0.4) is 0 Å². The number of rotatable bonds is 12. The molecule has 3 aliphatic rings. The highest BCUT2D eigenvalue weighted by molar-refractivity contribution is 5.94. The number of nitrogens with zero attached hydrogens (tertiary/aromatic N) is 2. The number of aliphatic hydroxyl groups is 1. The number of piperidine rings is 1. The van der Waals surface area contributed by atoms with Gasteiger partial charge in [0, 0.05) is 72.3 Å². The molecule has 12 heteroatoms. The van der Waals surface area contributed by atoms with Gasteiger partial charge < -0.3 is 30.8 Å². The summed E-state index contributed by atoms with van der Waals surface area (Å²) < 4.78 is 49.3. The molecule has 0 radical (unpaired) electrons. The van der Waals surface area contributed by atoms with E-state index in [1.165, 1.54) is 12.1 Å². The van der Waals surface area contributed by atoms with Crippen LogP contribution < -0.4 is 15.8 Å². The lowest BCUT2D eigenvalue weighted by Gasteiger charge is -2.51. The van der Waals surface area contributed by atoms with Gasteiger partial charge in [-0.3, -0.25) is 14.5 Å². The SMILES string of the molecule is COc1ccc2c3c([nH]c2c1)[C@H](CO)N(Cc1ccc(C(=O)NCCCCCCN)cc1C(F)(F)F)CC31CCN(C(=O)C2CCC2)CC1. The molecule has 3 heterocycles. The molecule has 5 N–H and O–H groups in total. The first-order valence-corrected chi connectivity index (χ1v) is 17.6. The standard InChI is InChI=1S/C37H48F3N5O4/c1-49-27-11-12-28-30(20-27)43-33-31(22-46)45(23-36(32(28)33)13-17-44(18-14-36)35(48)24-7-6-8-24)21-26-10-9-25(19-29(26)37(38,39)40)34(47)42-16-5-3-2-4-15-41/h9-12,19-20,24,31,43,46H,2-8,13-18,21-23,41H2,1H3,(H,42,47)/t31-/m0/s1. The average Bonchev–Trinajstić information content (AvgIpc) is 3.45. The van der Waals surface area contributed by atoms with Crippen molar-refractivity contribution < 1.29 is 32.6 Å². The first-order chi connectivity index (χ1) is 23.6. The second-order valence-electron chi connectivity index (χ2n) is 14.0. The number of carbonyl (C=O) groups excluding carboxylic acids is 2. The number of hydrogen-bond acceptors (Lipinski definition) is 6. The van der Waals surface area contributed by atoms with Gasteiger partial charge >= 0.3 is 6.18 Å². The van der Waals surface area contributed by atoms with E-state index in [0.29, 0.717) is 51.3 Å². The molecule has 0 unspecified atom stereocenters. The van der Waals surface area contributed by atoms with Gasteiger partial charge in [0.15, 0.2) is 0 Å². The number of methoxy groups -OCH3 is 1. The van der Waals surface area contributed by atoms with Crippen LogP contribution in [0.5, 0.6) is 5.75 Å². The number of fused-ring (bicyclic) bond motifs is 4. The molecule has 1 atom stereocenters. The summed E-state index contributed by atoms with van der Waals surface area (Å²) in [5.74, 6) is 0.432. The largest absolute Gasteiger partial charge is 0.497 e. The highest BCUT2D eigenvalue weighted by Gasteiger charge is 2.49. The summed E-state index contributed by atoms with van der Waals surface area (Å²) in [5, 5.41) is 14.5. The highest BCUT2D eigenvalue weighted by atomic mass is 19.4. The minimum absolute atomic E-state index is 0.0396. The lowest BCUT2D eigenvalue weighted by atomic mass is 9.68. The number of likely N-dealkylation sites (tertiary alicyclic amines) is 1. The van der Waals surface area contributed by atoms with Crippen molar-refractivity contribution in [1.29, 1.82) is 0 Å². The molecule has 49 heavy (non-hydrogen) atoms. The number of halogens is 3. The van der Waals surface area contributed by atoms with Crippen LogP contribution in [0.15, 0.2) is 36.4 Å². The Morgan fingerprint density at radius 2 is 1.84 bits per heavy atom. The Morgan fingerprint density at radius 1 is 1.08 bits per heavy atom. The van der Waals surface area contributed by atoms with Gasteiger partial charge in [0.05, 0.1) is 25.3 Å². The fraction of sp³-hybridized carbons (Fsp3) is 0.568. The Morgan fingerprint density at radius 3 is 2.49 bits per heavy atom. The molecule has 2 fully saturated rings. The number of nitrogens with one attached hydrogen (secondary N) is 2. The van der Waals surface area contributed by atoms with Gasteiger partial charge in [0.25, 0.3) is 5.91 Å². The zero-order valence-electron chi connectivity index (χ0n) is 28.2. The van der Waals surface area contributed by atoms with Crippen molar-refractivity contribution in [1.82, 2.24) is 20.1 Å². The number of nitrogens with two attached hydrogens (primary N) is 1. The molecule has 0 bridgehead atoms. The number of unbranched alkanes of at least 4 members (excludes halogenated alkanes) is 3. The van der Waals surface area contributed by atoms with Crippen molar-refractivity contribution in [2.45, 2.75) is 82.0 Å². The van der Waals surface area contributed by atoms with E-state index in [-0.39, 0.29) is 36.1 Å². The summed E-state index contributed by atoms with van der Waals surface area (Å²) in [6.07, 6.45) is 3.01. The van der Waals surface area contributed by atoms with Crippen molar-refractivity contribution in [3.05, 3.63) is 64.3 Å². The number of aliphatic hydroxyl groups excluding tert-OH is 1. The van der Waals surface area contributed by atoms with E-state index in [0.717, 1.165) is 73.2 Å². The van der Waals surface area contributed by atoms with Gasteiger partial charge in [0.1, 0.15) is 5.75 Å². The zero-order valence-corrected chi connectivity index (χ0v) is 28.2. The van der Waals surface area contributed by atoms with Gasteiger partial charge in [-0.2, -0.15) is 13.2 Å². The molecule has 1 aliphatic carbocycles. The van der Waals surface area contributed by atoms with Gasteiger partial charge in [-0.1, -0.05) is 25.3 Å². The molecule has 1 saturated carbocycles. The van der Waals surface area contributed by atoms with Gasteiger partial charge in [-0.05, 0) is 80.5 Å². The normalized spacial score (nSPS) is 19.6. The predicted molar refractivity (Wildman–Crippen MR) is 181 cm³/mol. The number of benzene rings is 2. The number of hydrogen-bond donors (Lipinski definition) is 4. The van der Waals surface area contributed by atoms with Crippen LogP contribution in [0.1, 0.15) is 96.6 Å².